The highest BCUT2D eigenvalue weighted by molar-refractivity contribution is 7.10. The highest BCUT2D eigenvalue weighted by Crippen LogP contribution is 2.22. The Kier molecular flexibility index (Phi) is 4.74. The van der Waals surface area contributed by atoms with Gasteiger partial charge in [-0.25, -0.2) is 0 Å². The van der Waals surface area contributed by atoms with Gasteiger partial charge in [0.1, 0.15) is 4.49 Å². The Balaban J connectivity index is 2.42. The van der Waals surface area contributed by atoms with E-state index in [4.69, 9.17) is 34.8 Å². The molecule has 0 saturated heterocycles. The third-order valence-electron chi connectivity index (χ3n) is 2.71. The lowest BCUT2D eigenvalue weighted by atomic mass is 10.2. The average molecular weight is 335 g/mol. The van der Waals surface area contributed by atoms with E-state index in [9.17, 15) is 4.79 Å². The standard InChI is InChI=1S/C13H10Cl3NOS/c1-8-11(6-12(15)16)19-13(18)17(8)7-9-4-2-3-5-10(9)14/h2-6H,7H2,1H3. The zero-order chi connectivity index (χ0) is 14.0. The molecule has 19 heavy (non-hydrogen) atoms. The summed E-state index contributed by atoms with van der Waals surface area (Å²) in [6, 6.07) is 7.46. The number of thiazole rings is 1. The summed E-state index contributed by atoms with van der Waals surface area (Å²) in [5.41, 5.74) is 1.73. The fourth-order valence-corrected chi connectivity index (χ4v) is 3.18. The molecule has 2 nitrogen and oxygen atoms in total. The molecule has 0 N–H and O–H groups in total. The first-order valence-corrected chi connectivity index (χ1v) is 7.40. The van der Waals surface area contributed by atoms with Crippen molar-refractivity contribution in [2.24, 2.45) is 0 Å². The minimum Gasteiger partial charge on any atom is -0.298 e. The van der Waals surface area contributed by atoms with E-state index in [1.54, 1.807) is 16.7 Å². The van der Waals surface area contributed by atoms with Crippen molar-refractivity contribution in [3.05, 3.63) is 59.6 Å². The van der Waals surface area contributed by atoms with Crippen molar-refractivity contribution in [3.63, 3.8) is 0 Å². The van der Waals surface area contributed by atoms with Gasteiger partial charge in [-0.3, -0.25) is 9.36 Å². The summed E-state index contributed by atoms with van der Waals surface area (Å²) in [7, 11) is 0. The first kappa shape index (κ1) is 14.7. The number of benzene rings is 1. The number of aromatic nitrogens is 1. The lowest BCUT2D eigenvalue weighted by molar-refractivity contribution is 0.754. The zero-order valence-electron chi connectivity index (χ0n) is 9.99. The average Bonchev–Trinajstić information content (AvgIpc) is 2.59. The van der Waals surface area contributed by atoms with Crippen LogP contribution in [-0.4, -0.2) is 4.57 Å². The maximum atomic E-state index is 12.0. The fraction of sp³-hybridized carbons (Fsp3) is 0.154. The SMILES string of the molecule is Cc1c(C=C(Cl)Cl)sc(=O)n1Cc1ccccc1Cl. The van der Waals surface area contributed by atoms with Gasteiger partial charge < -0.3 is 0 Å². The molecule has 1 aromatic heterocycles. The van der Waals surface area contributed by atoms with Gasteiger partial charge in [-0.1, -0.05) is 64.3 Å². The van der Waals surface area contributed by atoms with Crippen molar-refractivity contribution in [2.45, 2.75) is 13.5 Å². The van der Waals surface area contributed by atoms with Crippen LogP contribution in [0.4, 0.5) is 0 Å². The summed E-state index contributed by atoms with van der Waals surface area (Å²) < 4.78 is 1.79. The molecule has 2 aromatic rings. The monoisotopic (exact) mass is 333 g/mol. The lowest BCUT2D eigenvalue weighted by Crippen LogP contribution is -2.15. The van der Waals surface area contributed by atoms with E-state index in [0.29, 0.717) is 11.6 Å². The molecule has 1 aromatic carbocycles. The van der Waals surface area contributed by atoms with E-state index in [-0.39, 0.29) is 9.36 Å². The second-order valence-electron chi connectivity index (χ2n) is 3.93. The molecule has 0 bridgehead atoms. The van der Waals surface area contributed by atoms with Crippen LogP contribution in [0.2, 0.25) is 5.02 Å². The summed E-state index contributed by atoms with van der Waals surface area (Å²) in [6.45, 7) is 2.30. The van der Waals surface area contributed by atoms with E-state index in [0.717, 1.165) is 27.5 Å². The lowest BCUT2D eigenvalue weighted by Gasteiger charge is -2.06. The van der Waals surface area contributed by atoms with Gasteiger partial charge in [0.25, 0.3) is 0 Å². The van der Waals surface area contributed by atoms with Crippen LogP contribution in [-0.2, 0) is 6.54 Å². The molecule has 0 spiro atoms. The van der Waals surface area contributed by atoms with Crippen molar-refractivity contribution in [1.29, 1.82) is 0 Å². The molecule has 0 aliphatic heterocycles. The topological polar surface area (TPSA) is 22.0 Å². The molecular formula is C13H10Cl3NOS. The van der Waals surface area contributed by atoms with Gasteiger partial charge in [-0.2, -0.15) is 0 Å². The first-order chi connectivity index (χ1) is 8.99. The van der Waals surface area contributed by atoms with Crippen LogP contribution in [0.3, 0.4) is 0 Å². The summed E-state index contributed by atoms with van der Waals surface area (Å²) >= 11 is 18.5. The molecule has 0 fully saturated rings. The summed E-state index contributed by atoms with van der Waals surface area (Å²) in [6.07, 6.45) is 1.58. The maximum Gasteiger partial charge on any atom is 0.308 e. The van der Waals surface area contributed by atoms with Crippen LogP contribution in [0, 0.1) is 6.92 Å². The van der Waals surface area contributed by atoms with Crippen LogP contribution in [0.1, 0.15) is 16.1 Å². The molecule has 0 saturated carbocycles. The Morgan fingerprint density at radius 1 is 1.37 bits per heavy atom. The van der Waals surface area contributed by atoms with E-state index in [2.05, 4.69) is 0 Å². The number of halogens is 3. The normalized spacial score (nSPS) is 10.5. The summed E-state index contributed by atoms with van der Waals surface area (Å²) in [4.78, 5) is 12.7. The molecule has 0 amide bonds. The second kappa shape index (κ2) is 6.14. The number of hydrogen-bond donors (Lipinski definition) is 0. The highest BCUT2D eigenvalue weighted by atomic mass is 35.5. The van der Waals surface area contributed by atoms with Gasteiger partial charge >= 0.3 is 4.87 Å². The van der Waals surface area contributed by atoms with E-state index in [1.165, 1.54) is 0 Å². The predicted molar refractivity (Wildman–Crippen MR) is 83.6 cm³/mol. The minimum atomic E-state index is -0.0572. The summed E-state index contributed by atoms with van der Waals surface area (Å²) in [5.74, 6) is 0. The van der Waals surface area contributed by atoms with Gasteiger partial charge in [0.05, 0.1) is 11.4 Å². The van der Waals surface area contributed by atoms with Crippen molar-refractivity contribution in [3.8, 4) is 0 Å². The molecule has 0 unspecified atom stereocenters. The molecule has 0 radical (unpaired) electrons. The molecule has 0 atom stereocenters. The van der Waals surface area contributed by atoms with Gasteiger partial charge in [-0.15, -0.1) is 0 Å². The van der Waals surface area contributed by atoms with E-state index >= 15 is 0 Å². The molecule has 0 aliphatic rings. The van der Waals surface area contributed by atoms with Crippen LogP contribution in [0.15, 0.2) is 33.6 Å². The first-order valence-electron chi connectivity index (χ1n) is 5.45. The summed E-state index contributed by atoms with van der Waals surface area (Å²) in [5, 5.41) is 0.646. The highest BCUT2D eigenvalue weighted by Gasteiger charge is 2.11. The third kappa shape index (κ3) is 3.42. The fourth-order valence-electron chi connectivity index (χ4n) is 1.71. The predicted octanol–water partition coefficient (Wildman–Crippen LogP) is 4.70. The second-order valence-corrected chi connectivity index (χ2v) is 6.34. The number of rotatable bonds is 3. The maximum absolute atomic E-state index is 12.0. The van der Waals surface area contributed by atoms with Gasteiger partial charge in [-0.05, 0) is 24.6 Å². The Morgan fingerprint density at radius 2 is 2.05 bits per heavy atom. The van der Waals surface area contributed by atoms with E-state index in [1.807, 2.05) is 25.1 Å². The number of hydrogen-bond acceptors (Lipinski definition) is 2. The molecule has 0 aliphatic carbocycles. The van der Waals surface area contributed by atoms with Gasteiger partial charge in [0.2, 0.25) is 0 Å². The number of nitrogens with zero attached hydrogens (tertiary/aromatic N) is 1. The van der Waals surface area contributed by atoms with Crippen molar-refractivity contribution >= 4 is 52.2 Å². The Labute approximate surface area is 129 Å². The quantitative estimate of drug-likeness (QED) is 0.797. The van der Waals surface area contributed by atoms with E-state index < -0.39 is 0 Å². The third-order valence-corrected chi connectivity index (χ3v) is 4.32. The Hall–Kier alpha value is -0.740. The zero-order valence-corrected chi connectivity index (χ0v) is 13.1. The molecular weight excluding hydrogens is 325 g/mol. The smallest absolute Gasteiger partial charge is 0.298 e. The van der Waals surface area contributed by atoms with Crippen LogP contribution in [0.5, 0.6) is 0 Å². The van der Waals surface area contributed by atoms with Gasteiger partial charge in [0, 0.05) is 10.7 Å². The minimum absolute atomic E-state index is 0.0572. The largest absolute Gasteiger partial charge is 0.308 e. The Morgan fingerprint density at radius 3 is 2.68 bits per heavy atom. The van der Waals surface area contributed by atoms with Crippen LogP contribution >= 0.6 is 46.1 Å². The van der Waals surface area contributed by atoms with Crippen LogP contribution in [0.25, 0.3) is 6.08 Å². The van der Waals surface area contributed by atoms with Crippen LogP contribution < -0.4 is 4.87 Å². The molecule has 1 heterocycles. The van der Waals surface area contributed by atoms with Crippen molar-refractivity contribution < 1.29 is 0 Å². The van der Waals surface area contributed by atoms with Crippen molar-refractivity contribution in [2.75, 3.05) is 0 Å². The van der Waals surface area contributed by atoms with Crippen molar-refractivity contribution in [1.82, 2.24) is 4.57 Å². The molecule has 6 heteroatoms. The molecule has 2 rings (SSSR count). The van der Waals surface area contributed by atoms with Gasteiger partial charge in [0.15, 0.2) is 0 Å². The Bertz CT molecular complexity index is 683. The molecule has 100 valence electrons.